The van der Waals surface area contributed by atoms with E-state index in [0.29, 0.717) is 0 Å². The summed E-state index contributed by atoms with van der Waals surface area (Å²) in [6.07, 6.45) is 1.39. The number of rotatable bonds is 2. The van der Waals surface area contributed by atoms with Crippen LogP contribution < -0.4 is 5.32 Å². The summed E-state index contributed by atoms with van der Waals surface area (Å²) in [5.74, 6) is -0.324. The van der Waals surface area contributed by atoms with Crippen LogP contribution in [0.25, 0.3) is 5.69 Å². The summed E-state index contributed by atoms with van der Waals surface area (Å²) in [6.45, 7) is 0. The highest BCUT2D eigenvalue weighted by molar-refractivity contribution is 9.10. The highest BCUT2D eigenvalue weighted by Gasteiger charge is 2.16. The van der Waals surface area contributed by atoms with E-state index < -0.39 is 0 Å². The van der Waals surface area contributed by atoms with Crippen LogP contribution in [-0.2, 0) is 0 Å². The van der Waals surface area contributed by atoms with Crippen molar-refractivity contribution in [3.63, 3.8) is 0 Å². The van der Waals surface area contributed by atoms with E-state index in [1.165, 1.54) is 17.9 Å². The van der Waals surface area contributed by atoms with E-state index >= 15 is 0 Å². The van der Waals surface area contributed by atoms with Crippen molar-refractivity contribution >= 4 is 21.8 Å². The third-order valence-corrected chi connectivity index (χ3v) is 2.95. The van der Waals surface area contributed by atoms with Gasteiger partial charge >= 0.3 is 0 Å². The summed E-state index contributed by atoms with van der Waals surface area (Å²) in [5, 5.41) is 15.7. The van der Waals surface area contributed by atoms with Gasteiger partial charge in [-0.3, -0.25) is 4.79 Å². The summed E-state index contributed by atoms with van der Waals surface area (Å²) < 4.78 is 2.38. The summed E-state index contributed by atoms with van der Waals surface area (Å²) in [4.78, 5) is 11.6. The van der Waals surface area contributed by atoms with E-state index in [0.717, 1.165) is 10.2 Å². The Kier molecular flexibility index (Phi) is 3.44. The van der Waals surface area contributed by atoms with Gasteiger partial charge in [0.05, 0.1) is 17.4 Å². The minimum absolute atomic E-state index is 0.219. The average molecular weight is 305 g/mol. The van der Waals surface area contributed by atoms with Crippen molar-refractivity contribution in [2.45, 2.75) is 0 Å². The zero-order valence-electron chi connectivity index (χ0n) is 9.51. The van der Waals surface area contributed by atoms with Crippen molar-refractivity contribution in [1.82, 2.24) is 15.1 Å². The fourth-order valence-electron chi connectivity index (χ4n) is 1.53. The molecule has 0 aliphatic heterocycles. The minimum atomic E-state index is -0.324. The van der Waals surface area contributed by atoms with E-state index in [1.807, 2.05) is 30.3 Å². The number of aromatic nitrogens is 2. The lowest BCUT2D eigenvalue weighted by Gasteiger charge is -2.03. The maximum Gasteiger partial charge on any atom is 0.255 e. The molecule has 0 fully saturated rings. The Morgan fingerprint density at radius 2 is 2.11 bits per heavy atom. The second-order valence-electron chi connectivity index (χ2n) is 3.49. The van der Waals surface area contributed by atoms with Crippen LogP contribution in [0.2, 0.25) is 0 Å². The SMILES string of the molecule is CNC(=O)c1cnn(-c2ccc(Br)cc2)c1C#N. The molecule has 1 N–H and O–H groups in total. The number of halogens is 1. The molecule has 1 aromatic carbocycles. The van der Waals surface area contributed by atoms with Crippen LogP contribution in [0, 0.1) is 11.3 Å². The lowest BCUT2D eigenvalue weighted by Crippen LogP contribution is -2.18. The highest BCUT2D eigenvalue weighted by Crippen LogP contribution is 2.17. The van der Waals surface area contributed by atoms with Gasteiger partial charge in [0.1, 0.15) is 6.07 Å². The van der Waals surface area contributed by atoms with Crippen molar-refractivity contribution in [2.24, 2.45) is 0 Å². The van der Waals surface area contributed by atoms with Crippen LogP contribution in [0.4, 0.5) is 0 Å². The number of carbonyl (C=O) groups is 1. The molecule has 0 bridgehead atoms. The van der Waals surface area contributed by atoms with Crippen LogP contribution in [0.15, 0.2) is 34.9 Å². The molecular weight excluding hydrogens is 296 g/mol. The van der Waals surface area contributed by atoms with Crippen LogP contribution in [0.1, 0.15) is 16.1 Å². The predicted octanol–water partition coefficient (Wildman–Crippen LogP) is 1.87. The number of hydrogen-bond donors (Lipinski definition) is 1. The molecule has 0 saturated carbocycles. The Balaban J connectivity index is 2.53. The van der Waals surface area contributed by atoms with Gasteiger partial charge in [0.2, 0.25) is 0 Å². The lowest BCUT2D eigenvalue weighted by molar-refractivity contribution is 0.0963. The zero-order chi connectivity index (χ0) is 13.1. The number of nitrogens with one attached hydrogen (secondary N) is 1. The molecule has 2 aromatic rings. The van der Waals surface area contributed by atoms with E-state index in [9.17, 15) is 4.79 Å². The van der Waals surface area contributed by atoms with Crippen LogP contribution in [0.5, 0.6) is 0 Å². The van der Waals surface area contributed by atoms with Crippen LogP contribution in [-0.4, -0.2) is 22.7 Å². The Labute approximate surface area is 112 Å². The zero-order valence-corrected chi connectivity index (χ0v) is 11.1. The molecule has 0 saturated heterocycles. The molecule has 0 aliphatic rings. The standard InChI is InChI=1S/C12H9BrN4O/c1-15-12(18)10-7-16-17(11(10)6-14)9-4-2-8(13)3-5-9/h2-5,7H,1H3,(H,15,18). The molecule has 6 heteroatoms. The highest BCUT2D eigenvalue weighted by atomic mass is 79.9. The predicted molar refractivity (Wildman–Crippen MR) is 69.4 cm³/mol. The monoisotopic (exact) mass is 304 g/mol. The molecule has 1 heterocycles. The van der Waals surface area contributed by atoms with Crippen molar-refractivity contribution in [1.29, 1.82) is 5.26 Å². The minimum Gasteiger partial charge on any atom is -0.355 e. The molecule has 18 heavy (non-hydrogen) atoms. The maximum atomic E-state index is 11.6. The molecule has 0 radical (unpaired) electrons. The molecule has 1 amide bonds. The van der Waals surface area contributed by atoms with Crippen LogP contribution in [0.3, 0.4) is 0 Å². The third-order valence-electron chi connectivity index (χ3n) is 2.42. The Hall–Kier alpha value is -2.13. The normalized spacial score (nSPS) is 9.83. The average Bonchev–Trinajstić information content (AvgIpc) is 2.82. The van der Waals surface area contributed by atoms with Gasteiger partial charge < -0.3 is 5.32 Å². The summed E-state index contributed by atoms with van der Waals surface area (Å²) >= 11 is 3.33. The van der Waals surface area contributed by atoms with Crippen molar-refractivity contribution in [3.05, 3.63) is 46.2 Å². The number of nitrogens with zero attached hydrogens (tertiary/aromatic N) is 3. The Morgan fingerprint density at radius 3 is 2.67 bits per heavy atom. The molecule has 2 rings (SSSR count). The van der Waals surface area contributed by atoms with Gasteiger partial charge in [0.15, 0.2) is 5.69 Å². The fraction of sp³-hybridized carbons (Fsp3) is 0.0833. The van der Waals surface area contributed by atoms with Crippen molar-refractivity contribution in [2.75, 3.05) is 7.05 Å². The Morgan fingerprint density at radius 1 is 1.44 bits per heavy atom. The van der Waals surface area contributed by atoms with Crippen molar-refractivity contribution in [3.8, 4) is 11.8 Å². The first-order valence-corrected chi connectivity index (χ1v) is 5.93. The van der Waals surface area contributed by atoms with Gasteiger partial charge in [-0.25, -0.2) is 4.68 Å². The van der Waals surface area contributed by atoms with E-state index in [-0.39, 0.29) is 17.2 Å². The number of benzene rings is 1. The summed E-state index contributed by atoms with van der Waals surface area (Å²) in [6, 6.07) is 9.31. The van der Waals surface area contributed by atoms with E-state index in [2.05, 4.69) is 26.3 Å². The molecular formula is C12H9BrN4O. The maximum absolute atomic E-state index is 11.6. The molecule has 0 spiro atoms. The number of nitriles is 1. The molecule has 0 atom stereocenters. The van der Waals surface area contributed by atoms with Crippen LogP contribution >= 0.6 is 15.9 Å². The van der Waals surface area contributed by atoms with E-state index in [1.54, 1.807) is 0 Å². The molecule has 5 nitrogen and oxygen atoms in total. The molecule has 1 aromatic heterocycles. The molecule has 90 valence electrons. The number of amides is 1. The van der Waals surface area contributed by atoms with Gasteiger partial charge in [-0.05, 0) is 24.3 Å². The summed E-state index contributed by atoms with van der Waals surface area (Å²) in [7, 11) is 1.51. The second-order valence-corrected chi connectivity index (χ2v) is 4.40. The van der Waals surface area contributed by atoms with E-state index in [4.69, 9.17) is 5.26 Å². The van der Waals surface area contributed by atoms with Gasteiger partial charge in [0.25, 0.3) is 5.91 Å². The second kappa shape index (κ2) is 5.02. The lowest BCUT2D eigenvalue weighted by atomic mass is 10.2. The largest absolute Gasteiger partial charge is 0.355 e. The first-order chi connectivity index (χ1) is 8.67. The first-order valence-electron chi connectivity index (χ1n) is 5.13. The van der Waals surface area contributed by atoms with Crippen molar-refractivity contribution < 1.29 is 4.79 Å². The smallest absolute Gasteiger partial charge is 0.255 e. The topological polar surface area (TPSA) is 70.7 Å². The summed E-state index contributed by atoms with van der Waals surface area (Å²) in [5.41, 5.74) is 1.21. The van der Waals surface area contributed by atoms with Gasteiger partial charge in [0, 0.05) is 11.5 Å². The third kappa shape index (κ3) is 2.13. The first kappa shape index (κ1) is 12.3. The van der Waals surface area contributed by atoms with Gasteiger partial charge in [-0.15, -0.1) is 0 Å². The fourth-order valence-corrected chi connectivity index (χ4v) is 1.80. The number of hydrogen-bond acceptors (Lipinski definition) is 3. The quantitative estimate of drug-likeness (QED) is 0.920. The Bertz CT molecular complexity index is 625. The molecule has 0 aliphatic carbocycles. The van der Waals surface area contributed by atoms with Gasteiger partial charge in [-0.2, -0.15) is 10.4 Å². The molecule has 0 unspecified atom stereocenters. The number of carbonyl (C=O) groups excluding carboxylic acids is 1. The van der Waals surface area contributed by atoms with Gasteiger partial charge in [-0.1, -0.05) is 15.9 Å².